The van der Waals surface area contributed by atoms with E-state index in [1.165, 1.54) is 18.2 Å². The molecule has 16 heavy (non-hydrogen) atoms. The number of nitrogens with zero attached hydrogens (tertiary/aromatic N) is 1. The quantitative estimate of drug-likeness (QED) is 0.577. The summed E-state index contributed by atoms with van der Waals surface area (Å²) in [5, 5.41) is 23.4. The number of nitrogens with one attached hydrogen (secondary N) is 1. The Balaban J connectivity index is 2.30. The molecule has 1 aromatic carbocycles. The average molecular weight is 224 g/mol. The van der Waals surface area contributed by atoms with Crippen molar-refractivity contribution < 1.29 is 14.8 Å². The Hall–Kier alpha value is -1.66. The molecule has 6 nitrogen and oxygen atoms in total. The molecule has 2 rings (SSSR count). The molecule has 0 spiro atoms. The Morgan fingerprint density at radius 2 is 2.38 bits per heavy atom. The summed E-state index contributed by atoms with van der Waals surface area (Å²) in [5.41, 5.74) is 0.481. The van der Waals surface area contributed by atoms with Crippen LogP contribution in [0.4, 0.5) is 5.69 Å². The standard InChI is InChI=1S/C10H12N2O4/c13-10-2-1-7(12(14)15)5-8(10)9-6-16-4-3-11-9/h1-2,5,9,11,13H,3-4,6H2/t9-/m0/s1. The van der Waals surface area contributed by atoms with Crippen LogP contribution in [0.5, 0.6) is 5.75 Å². The number of morpholine rings is 1. The van der Waals surface area contributed by atoms with Gasteiger partial charge in [-0.3, -0.25) is 10.1 Å². The van der Waals surface area contributed by atoms with Crippen LogP contribution in [0.2, 0.25) is 0 Å². The molecule has 86 valence electrons. The lowest BCUT2D eigenvalue weighted by Gasteiger charge is -2.24. The molecule has 2 N–H and O–H groups in total. The van der Waals surface area contributed by atoms with Crippen molar-refractivity contribution in [2.75, 3.05) is 19.8 Å². The number of hydrogen-bond donors (Lipinski definition) is 2. The second-order valence-corrected chi connectivity index (χ2v) is 3.58. The number of phenolic OH excluding ortho intramolecular Hbond substituents is 1. The van der Waals surface area contributed by atoms with E-state index in [9.17, 15) is 15.2 Å². The van der Waals surface area contributed by atoms with Gasteiger partial charge in [0.15, 0.2) is 0 Å². The van der Waals surface area contributed by atoms with E-state index < -0.39 is 4.92 Å². The van der Waals surface area contributed by atoms with Crippen LogP contribution in [0.1, 0.15) is 11.6 Å². The average Bonchev–Trinajstić information content (AvgIpc) is 2.30. The molecule has 0 bridgehead atoms. The van der Waals surface area contributed by atoms with Gasteiger partial charge in [-0.25, -0.2) is 0 Å². The van der Waals surface area contributed by atoms with Crippen molar-refractivity contribution in [2.45, 2.75) is 6.04 Å². The first-order valence-electron chi connectivity index (χ1n) is 4.97. The smallest absolute Gasteiger partial charge is 0.270 e. The van der Waals surface area contributed by atoms with Crippen molar-refractivity contribution in [2.24, 2.45) is 0 Å². The summed E-state index contributed by atoms with van der Waals surface area (Å²) >= 11 is 0. The molecule has 1 saturated heterocycles. The summed E-state index contributed by atoms with van der Waals surface area (Å²) in [4.78, 5) is 10.1. The van der Waals surface area contributed by atoms with Gasteiger partial charge in [-0.15, -0.1) is 0 Å². The SMILES string of the molecule is O=[N+]([O-])c1ccc(O)c([C@@H]2COCCN2)c1. The van der Waals surface area contributed by atoms with E-state index in [1.54, 1.807) is 0 Å². The molecule has 0 amide bonds. The van der Waals surface area contributed by atoms with Crippen LogP contribution in [0.3, 0.4) is 0 Å². The Morgan fingerprint density at radius 3 is 3.00 bits per heavy atom. The maximum Gasteiger partial charge on any atom is 0.270 e. The van der Waals surface area contributed by atoms with Gasteiger partial charge in [0.05, 0.1) is 24.2 Å². The summed E-state index contributed by atoms with van der Waals surface area (Å²) in [5.74, 6) is 0.0496. The van der Waals surface area contributed by atoms with Crippen molar-refractivity contribution in [3.8, 4) is 5.75 Å². The van der Waals surface area contributed by atoms with Crippen LogP contribution in [0.25, 0.3) is 0 Å². The Kier molecular flexibility index (Phi) is 3.02. The van der Waals surface area contributed by atoms with Gasteiger partial charge in [-0.1, -0.05) is 0 Å². The molecule has 1 atom stereocenters. The zero-order chi connectivity index (χ0) is 11.5. The molecule has 0 aromatic heterocycles. The number of ether oxygens (including phenoxy) is 1. The van der Waals surface area contributed by atoms with Crippen LogP contribution in [-0.2, 0) is 4.74 Å². The normalized spacial score (nSPS) is 20.6. The predicted molar refractivity (Wildman–Crippen MR) is 56.3 cm³/mol. The van der Waals surface area contributed by atoms with Crippen LogP contribution >= 0.6 is 0 Å². The third-order valence-electron chi connectivity index (χ3n) is 2.52. The first kappa shape index (κ1) is 10.8. The van der Waals surface area contributed by atoms with Crippen LogP contribution in [0.15, 0.2) is 18.2 Å². The zero-order valence-electron chi connectivity index (χ0n) is 8.55. The van der Waals surface area contributed by atoms with Crippen molar-refractivity contribution in [1.82, 2.24) is 5.32 Å². The van der Waals surface area contributed by atoms with Crippen molar-refractivity contribution in [3.05, 3.63) is 33.9 Å². The van der Waals surface area contributed by atoms with Gasteiger partial charge in [0, 0.05) is 24.2 Å². The molecule has 6 heteroatoms. The van der Waals surface area contributed by atoms with E-state index >= 15 is 0 Å². The molecule has 0 saturated carbocycles. The number of hydrogen-bond acceptors (Lipinski definition) is 5. The van der Waals surface area contributed by atoms with Gasteiger partial charge >= 0.3 is 0 Å². The van der Waals surface area contributed by atoms with Gasteiger partial charge < -0.3 is 15.2 Å². The molecule has 1 heterocycles. The first-order valence-corrected chi connectivity index (χ1v) is 4.97. The highest BCUT2D eigenvalue weighted by Crippen LogP contribution is 2.29. The van der Waals surface area contributed by atoms with E-state index in [-0.39, 0.29) is 17.5 Å². The zero-order valence-corrected chi connectivity index (χ0v) is 8.55. The molecule has 0 unspecified atom stereocenters. The largest absolute Gasteiger partial charge is 0.508 e. The lowest BCUT2D eigenvalue weighted by atomic mass is 10.0. The maximum atomic E-state index is 10.6. The number of phenols is 1. The molecule has 1 fully saturated rings. The number of nitro groups is 1. The minimum absolute atomic E-state index is 0.0276. The van der Waals surface area contributed by atoms with Gasteiger partial charge in [0.25, 0.3) is 5.69 Å². The van der Waals surface area contributed by atoms with Gasteiger partial charge in [-0.2, -0.15) is 0 Å². The van der Waals surface area contributed by atoms with Gasteiger partial charge in [0.1, 0.15) is 5.75 Å². The van der Waals surface area contributed by atoms with Crippen LogP contribution in [0, 0.1) is 10.1 Å². The molecular weight excluding hydrogens is 212 g/mol. The molecule has 1 aromatic rings. The van der Waals surface area contributed by atoms with Gasteiger partial charge in [-0.05, 0) is 6.07 Å². The molecular formula is C10H12N2O4. The Morgan fingerprint density at radius 1 is 1.56 bits per heavy atom. The topological polar surface area (TPSA) is 84.6 Å². The summed E-state index contributed by atoms with van der Waals surface area (Å²) < 4.78 is 5.25. The van der Waals surface area contributed by atoms with E-state index in [1.807, 2.05) is 0 Å². The highest BCUT2D eigenvalue weighted by molar-refractivity contribution is 5.44. The summed E-state index contributed by atoms with van der Waals surface area (Å²) in [6.07, 6.45) is 0. The molecule has 1 aliphatic heterocycles. The Labute approximate surface area is 92.0 Å². The highest BCUT2D eigenvalue weighted by Gasteiger charge is 2.21. The van der Waals surface area contributed by atoms with Crippen LogP contribution in [-0.4, -0.2) is 29.8 Å². The number of nitro benzene ring substituents is 1. The number of non-ortho nitro benzene ring substituents is 1. The third-order valence-corrected chi connectivity index (χ3v) is 2.52. The van der Waals surface area contributed by atoms with Gasteiger partial charge in [0.2, 0.25) is 0 Å². The van der Waals surface area contributed by atoms with E-state index in [0.29, 0.717) is 25.3 Å². The molecule has 0 radical (unpaired) electrons. The minimum Gasteiger partial charge on any atom is -0.508 e. The van der Waals surface area contributed by atoms with Crippen molar-refractivity contribution in [1.29, 1.82) is 0 Å². The fraction of sp³-hybridized carbons (Fsp3) is 0.400. The maximum absolute atomic E-state index is 10.6. The summed E-state index contributed by atoms with van der Waals surface area (Å²) in [7, 11) is 0. The number of aromatic hydroxyl groups is 1. The highest BCUT2D eigenvalue weighted by atomic mass is 16.6. The monoisotopic (exact) mass is 224 g/mol. The Bertz CT molecular complexity index is 402. The van der Waals surface area contributed by atoms with Crippen molar-refractivity contribution in [3.63, 3.8) is 0 Å². The summed E-state index contributed by atoms with van der Waals surface area (Å²) in [6, 6.07) is 3.81. The lowest BCUT2D eigenvalue weighted by Crippen LogP contribution is -2.34. The fourth-order valence-electron chi connectivity index (χ4n) is 1.70. The van der Waals surface area contributed by atoms with E-state index in [0.717, 1.165) is 0 Å². The second-order valence-electron chi connectivity index (χ2n) is 3.58. The fourth-order valence-corrected chi connectivity index (χ4v) is 1.70. The molecule has 0 aliphatic carbocycles. The lowest BCUT2D eigenvalue weighted by molar-refractivity contribution is -0.385. The number of benzene rings is 1. The van der Waals surface area contributed by atoms with E-state index in [2.05, 4.69) is 5.32 Å². The van der Waals surface area contributed by atoms with Crippen LogP contribution < -0.4 is 5.32 Å². The third kappa shape index (κ3) is 2.12. The second kappa shape index (κ2) is 4.46. The summed E-state index contributed by atoms with van der Waals surface area (Å²) in [6.45, 7) is 1.70. The number of rotatable bonds is 2. The molecule has 1 aliphatic rings. The van der Waals surface area contributed by atoms with Crippen molar-refractivity contribution >= 4 is 5.69 Å². The first-order chi connectivity index (χ1) is 7.68. The minimum atomic E-state index is -0.480. The predicted octanol–water partition coefficient (Wildman–Crippen LogP) is 0.961. The van der Waals surface area contributed by atoms with E-state index in [4.69, 9.17) is 4.74 Å².